The first-order chi connectivity index (χ1) is 10.4. The molecule has 25 heavy (non-hydrogen) atoms. The molecule has 0 aromatic heterocycles. The predicted molar refractivity (Wildman–Crippen MR) is 65.8 cm³/mol. The van der Waals surface area contributed by atoms with Gasteiger partial charge in [-0.25, -0.2) is 0 Å². The first kappa shape index (κ1) is 44.5. The van der Waals surface area contributed by atoms with E-state index >= 15 is 0 Å². The molecule has 0 aliphatic carbocycles. The summed E-state index contributed by atoms with van der Waals surface area (Å²) in [6.07, 6.45) is 0. The van der Waals surface area contributed by atoms with Gasteiger partial charge in [-0.15, -0.1) is 0 Å². The van der Waals surface area contributed by atoms with Crippen LogP contribution in [0.25, 0.3) is 0 Å². The van der Waals surface area contributed by atoms with Crippen molar-refractivity contribution >= 4 is 107 Å². The molecule has 0 radical (unpaired) electrons. The summed E-state index contributed by atoms with van der Waals surface area (Å²) < 4.78 is 112. The molecule has 0 aliphatic rings. The fourth-order valence-corrected chi connectivity index (χ4v) is 0. The second-order valence-corrected chi connectivity index (χ2v) is 4.55. The first-order valence-electron chi connectivity index (χ1n) is 3.70. The standard InChI is InChI=1S/6FHO2Si.K.H/c6*1-4(2)3;;/h6*2H;;. The van der Waals surface area contributed by atoms with Crippen molar-refractivity contribution in [3.8, 4) is 0 Å². The summed E-state index contributed by atoms with van der Waals surface area (Å²) in [7, 11) is -21.8. The van der Waals surface area contributed by atoms with Crippen LogP contribution in [0.3, 0.4) is 0 Å². The van der Waals surface area contributed by atoms with Gasteiger partial charge < -0.3 is 28.8 Å². The van der Waals surface area contributed by atoms with E-state index in [1.165, 1.54) is 0 Å². The zero-order valence-corrected chi connectivity index (χ0v) is 16.4. The van der Waals surface area contributed by atoms with Crippen LogP contribution in [0.5, 0.6) is 0 Å². The molecular formula is H7F6KO12Si6. The summed E-state index contributed by atoms with van der Waals surface area (Å²) in [6.45, 7) is 0. The Morgan fingerprint density at radius 2 is 0.360 bits per heavy atom. The van der Waals surface area contributed by atoms with Crippen molar-refractivity contribution in [2.45, 2.75) is 0 Å². The Labute approximate surface area is 185 Å². The molecule has 0 heterocycles. The Bertz CT molecular complexity index is 273. The molecule has 0 rings (SSSR count). The zero-order chi connectivity index (χ0) is 21.5. The van der Waals surface area contributed by atoms with Crippen molar-refractivity contribution in [3.63, 3.8) is 0 Å². The molecule has 0 unspecified atom stereocenters. The number of rotatable bonds is 0. The molecule has 6 N–H and O–H groups in total. The van der Waals surface area contributed by atoms with E-state index in [4.69, 9.17) is 55.5 Å². The van der Waals surface area contributed by atoms with E-state index in [-0.39, 0.29) is 51.4 Å². The summed E-state index contributed by atoms with van der Waals surface area (Å²) in [5, 5.41) is 0. The van der Waals surface area contributed by atoms with Crippen LogP contribution in [0.1, 0.15) is 0 Å². The van der Waals surface area contributed by atoms with Gasteiger partial charge in [0.05, 0.1) is 0 Å². The van der Waals surface area contributed by atoms with Gasteiger partial charge in [0, 0.05) is 0 Å². The van der Waals surface area contributed by atoms with Gasteiger partial charge in [-0.2, -0.15) is 24.6 Å². The molecule has 0 saturated carbocycles. The third-order valence-corrected chi connectivity index (χ3v) is 0. The fraction of sp³-hybridized carbons (Fsp3) is 0. The molecular weight excluding hydrogens is 514 g/mol. The van der Waals surface area contributed by atoms with Crippen LogP contribution in [0.2, 0.25) is 0 Å². The molecule has 0 aromatic rings. The first-order valence-corrected chi connectivity index (χ1v) is 11.1. The van der Waals surface area contributed by atoms with E-state index in [9.17, 15) is 24.6 Å². The molecule has 0 atom stereocenters. The van der Waals surface area contributed by atoms with E-state index < -0.39 is 55.6 Å². The molecule has 0 aromatic carbocycles. The van der Waals surface area contributed by atoms with Crippen LogP contribution in [0.15, 0.2) is 0 Å². The summed E-state index contributed by atoms with van der Waals surface area (Å²) in [5.41, 5.74) is 0. The zero-order valence-electron chi connectivity index (χ0n) is 10.4. The number of halogens is 6. The Kier molecular flexibility index (Phi) is 69.9. The van der Waals surface area contributed by atoms with Crippen molar-refractivity contribution in [1.82, 2.24) is 0 Å². The number of hydrogen-bond donors (Lipinski definition) is 6. The molecule has 0 spiro atoms. The Morgan fingerprint density at radius 1 is 0.360 bits per heavy atom. The SMILES string of the molecule is O=[Si](O)F.O=[Si](O)F.O=[Si](O)F.O=[Si](O)F.O=[Si](O)F.O=[Si](O)F.[KH]. The molecule has 12 nitrogen and oxygen atoms in total. The molecule has 0 aliphatic heterocycles. The van der Waals surface area contributed by atoms with Crippen LogP contribution in [0.4, 0.5) is 24.6 Å². The number of hydrogen-bond acceptors (Lipinski definition) is 6. The predicted octanol–water partition coefficient (Wildman–Crippen LogP) is -4.47. The second kappa shape index (κ2) is 39.3. The van der Waals surface area contributed by atoms with E-state index in [1.807, 2.05) is 0 Å². The third kappa shape index (κ3) is 852000. The second-order valence-electron chi connectivity index (χ2n) is 1.52. The summed E-state index contributed by atoms with van der Waals surface area (Å²) in [4.78, 5) is 41.6. The third-order valence-electron chi connectivity index (χ3n) is 0. The van der Waals surface area contributed by atoms with E-state index in [2.05, 4.69) is 0 Å². The van der Waals surface area contributed by atoms with Crippen molar-refractivity contribution < 1.29 is 80.2 Å². The molecule has 0 bridgehead atoms. The normalized spacial score (nSPS) is 6.00. The Morgan fingerprint density at radius 3 is 0.360 bits per heavy atom. The summed E-state index contributed by atoms with van der Waals surface area (Å²) >= 11 is 0. The van der Waals surface area contributed by atoms with Gasteiger partial charge in [-0.3, -0.25) is 26.8 Å². The van der Waals surface area contributed by atoms with Crippen molar-refractivity contribution in [2.75, 3.05) is 0 Å². The maximum atomic E-state index is 10.1. The quantitative estimate of drug-likeness (QED) is 0.101. The fourth-order valence-electron chi connectivity index (χ4n) is 0. The van der Waals surface area contributed by atoms with Gasteiger partial charge in [-0.1, -0.05) is 0 Å². The molecule has 146 valence electrons. The van der Waals surface area contributed by atoms with E-state index in [0.717, 1.165) is 0 Å². The molecule has 0 amide bonds. The summed E-state index contributed by atoms with van der Waals surface area (Å²) in [6, 6.07) is 0. The van der Waals surface area contributed by atoms with Gasteiger partial charge in [0.15, 0.2) is 0 Å². The van der Waals surface area contributed by atoms with Crippen LogP contribution in [-0.4, -0.2) is 136 Å². The summed E-state index contributed by atoms with van der Waals surface area (Å²) in [5.74, 6) is 0. The van der Waals surface area contributed by atoms with Gasteiger partial charge >= 0.3 is 107 Å². The van der Waals surface area contributed by atoms with Gasteiger partial charge in [0.2, 0.25) is 0 Å². The monoisotopic (exact) mass is 520 g/mol. The van der Waals surface area contributed by atoms with E-state index in [1.54, 1.807) is 0 Å². The van der Waals surface area contributed by atoms with Crippen molar-refractivity contribution in [2.24, 2.45) is 0 Å². The van der Waals surface area contributed by atoms with Gasteiger partial charge in [0.25, 0.3) is 0 Å². The van der Waals surface area contributed by atoms with Crippen LogP contribution in [-0.2, 0) is 26.8 Å². The van der Waals surface area contributed by atoms with Crippen molar-refractivity contribution in [1.29, 1.82) is 0 Å². The molecule has 0 fully saturated rings. The van der Waals surface area contributed by atoms with Gasteiger partial charge in [-0.05, 0) is 0 Å². The van der Waals surface area contributed by atoms with E-state index in [0.29, 0.717) is 0 Å². The van der Waals surface area contributed by atoms with Crippen molar-refractivity contribution in [3.05, 3.63) is 0 Å². The minimum absolute atomic E-state index is 0. The van der Waals surface area contributed by atoms with Crippen LogP contribution in [0, 0.1) is 0 Å². The molecule has 25 heteroatoms. The Hall–Kier alpha value is 0.118. The average Bonchev–Trinajstić information content (AvgIpc) is 2.08. The average molecular weight is 521 g/mol. The molecule has 0 saturated heterocycles. The Balaban J connectivity index is -0.0000000309. The van der Waals surface area contributed by atoms with Crippen LogP contribution >= 0.6 is 0 Å². The van der Waals surface area contributed by atoms with Gasteiger partial charge in [0.1, 0.15) is 0 Å². The topological polar surface area (TPSA) is 224 Å². The van der Waals surface area contributed by atoms with Crippen LogP contribution < -0.4 is 0 Å². The minimum atomic E-state index is -3.63. The maximum absolute atomic E-state index is 10.1.